The number of nitrogens with zero attached hydrogens (tertiary/aromatic N) is 3. The molecule has 2 N–H and O–H groups in total. The molecule has 1 saturated carbocycles. The van der Waals surface area contributed by atoms with Crippen LogP contribution in [0.25, 0.3) is 0 Å². The summed E-state index contributed by atoms with van der Waals surface area (Å²) < 4.78 is 2.40. The molecule has 2 fully saturated rings. The second kappa shape index (κ2) is 4.33. The van der Waals surface area contributed by atoms with Crippen molar-refractivity contribution in [2.24, 2.45) is 11.7 Å². The maximum Gasteiger partial charge on any atom is 0.205 e. The van der Waals surface area contributed by atoms with Crippen LogP contribution in [0, 0.1) is 5.92 Å². The molecule has 1 aromatic rings. The maximum absolute atomic E-state index is 5.76. The van der Waals surface area contributed by atoms with E-state index >= 15 is 0 Å². The molecule has 2 heterocycles. The second-order valence-corrected chi connectivity index (χ2v) is 5.36. The zero-order chi connectivity index (χ0) is 11.8. The minimum Gasteiger partial charge on any atom is -0.342 e. The van der Waals surface area contributed by atoms with Crippen LogP contribution in [0.2, 0.25) is 0 Å². The predicted octanol–water partition coefficient (Wildman–Crippen LogP) is 1.57. The molecule has 0 aromatic carbocycles. The van der Waals surface area contributed by atoms with E-state index in [1.54, 1.807) is 0 Å². The van der Waals surface area contributed by atoms with Crippen LogP contribution in [0.3, 0.4) is 0 Å². The van der Waals surface area contributed by atoms with Crippen LogP contribution in [-0.2, 0) is 6.42 Å². The number of aryl methyl sites for hydroxylation is 1. The van der Waals surface area contributed by atoms with Crippen molar-refractivity contribution >= 4 is 5.95 Å². The number of anilines is 1. The number of aromatic nitrogens is 2. The zero-order valence-corrected chi connectivity index (χ0v) is 10.6. The van der Waals surface area contributed by atoms with Crippen LogP contribution >= 0.6 is 0 Å². The van der Waals surface area contributed by atoms with Crippen LogP contribution in [0.5, 0.6) is 0 Å². The molecule has 0 amide bonds. The molecule has 1 aromatic heterocycles. The maximum atomic E-state index is 5.76. The molecule has 94 valence electrons. The van der Waals surface area contributed by atoms with Gasteiger partial charge in [0.15, 0.2) is 0 Å². The minimum atomic E-state index is 0.657. The van der Waals surface area contributed by atoms with Gasteiger partial charge in [-0.15, -0.1) is 0 Å². The number of hydrogen-bond acceptors (Lipinski definition) is 3. The van der Waals surface area contributed by atoms with Crippen molar-refractivity contribution in [1.82, 2.24) is 9.55 Å². The monoisotopic (exact) mass is 234 g/mol. The van der Waals surface area contributed by atoms with Crippen LogP contribution in [0.1, 0.15) is 37.9 Å². The first-order valence-electron chi connectivity index (χ1n) is 6.84. The third kappa shape index (κ3) is 2.06. The zero-order valence-electron chi connectivity index (χ0n) is 10.6. The van der Waals surface area contributed by atoms with Crippen LogP contribution < -0.4 is 10.6 Å². The predicted molar refractivity (Wildman–Crippen MR) is 69.3 cm³/mol. The highest BCUT2D eigenvalue weighted by molar-refractivity contribution is 5.36. The van der Waals surface area contributed by atoms with Crippen molar-refractivity contribution in [2.45, 2.75) is 38.6 Å². The van der Waals surface area contributed by atoms with E-state index in [-0.39, 0.29) is 0 Å². The fourth-order valence-electron chi connectivity index (χ4n) is 2.67. The van der Waals surface area contributed by atoms with Crippen molar-refractivity contribution in [3.8, 4) is 0 Å². The van der Waals surface area contributed by atoms with Gasteiger partial charge in [-0.25, -0.2) is 4.98 Å². The molecule has 1 aliphatic heterocycles. The smallest absolute Gasteiger partial charge is 0.205 e. The van der Waals surface area contributed by atoms with Crippen LogP contribution in [0.15, 0.2) is 6.20 Å². The Labute approximate surface area is 103 Å². The molecule has 1 atom stereocenters. The average Bonchev–Trinajstić information content (AvgIpc) is 2.95. The molecule has 1 aliphatic carbocycles. The first-order valence-corrected chi connectivity index (χ1v) is 6.84. The Morgan fingerprint density at radius 3 is 2.82 bits per heavy atom. The van der Waals surface area contributed by atoms with E-state index in [2.05, 4.69) is 22.6 Å². The summed E-state index contributed by atoms with van der Waals surface area (Å²) in [6.45, 7) is 5.19. The van der Waals surface area contributed by atoms with Crippen molar-refractivity contribution in [3.63, 3.8) is 0 Å². The fourth-order valence-corrected chi connectivity index (χ4v) is 2.67. The third-order valence-corrected chi connectivity index (χ3v) is 3.97. The van der Waals surface area contributed by atoms with Gasteiger partial charge in [0.2, 0.25) is 5.95 Å². The van der Waals surface area contributed by atoms with E-state index in [4.69, 9.17) is 10.7 Å². The van der Waals surface area contributed by atoms with Crippen molar-refractivity contribution in [2.75, 3.05) is 24.5 Å². The SMILES string of the molecule is CCc1cn(C2CC2)c(N2CCC(CN)C2)n1. The van der Waals surface area contributed by atoms with Crippen molar-refractivity contribution in [1.29, 1.82) is 0 Å². The Bertz CT molecular complexity index is 394. The summed E-state index contributed by atoms with van der Waals surface area (Å²) in [5.41, 5.74) is 6.99. The van der Waals surface area contributed by atoms with Crippen LogP contribution in [-0.4, -0.2) is 29.2 Å². The molecular formula is C13H22N4. The highest BCUT2D eigenvalue weighted by Crippen LogP contribution is 2.39. The van der Waals surface area contributed by atoms with Gasteiger partial charge >= 0.3 is 0 Å². The van der Waals surface area contributed by atoms with E-state index < -0.39 is 0 Å². The van der Waals surface area contributed by atoms with Crippen LogP contribution in [0.4, 0.5) is 5.95 Å². The van der Waals surface area contributed by atoms with Gasteiger partial charge in [-0.3, -0.25) is 0 Å². The number of hydrogen-bond donors (Lipinski definition) is 1. The lowest BCUT2D eigenvalue weighted by Gasteiger charge is -2.18. The molecule has 4 heteroatoms. The average molecular weight is 234 g/mol. The van der Waals surface area contributed by atoms with Crippen molar-refractivity contribution in [3.05, 3.63) is 11.9 Å². The third-order valence-electron chi connectivity index (χ3n) is 3.97. The van der Waals surface area contributed by atoms with Crippen molar-refractivity contribution < 1.29 is 0 Å². The van der Waals surface area contributed by atoms with E-state index in [1.807, 2.05) is 0 Å². The first-order chi connectivity index (χ1) is 8.31. The van der Waals surface area contributed by atoms with Gasteiger partial charge in [0, 0.05) is 25.3 Å². The van der Waals surface area contributed by atoms with Gasteiger partial charge in [-0.2, -0.15) is 0 Å². The molecule has 0 radical (unpaired) electrons. The summed E-state index contributed by atoms with van der Waals surface area (Å²) in [5, 5.41) is 0. The Kier molecular flexibility index (Phi) is 2.82. The van der Waals surface area contributed by atoms with E-state index in [9.17, 15) is 0 Å². The highest BCUT2D eigenvalue weighted by Gasteiger charge is 2.31. The van der Waals surface area contributed by atoms with Gasteiger partial charge in [-0.1, -0.05) is 6.92 Å². The highest BCUT2D eigenvalue weighted by atomic mass is 15.3. The van der Waals surface area contributed by atoms with E-state index in [1.165, 1.54) is 30.9 Å². The Hall–Kier alpha value is -1.03. The van der Waals surface area contributed by atoms with Gasteiger partial charge in [0.1, 0.15) is 0 Å². The number of nitrogens with two attached hydrogens (primary N) is 1. The molecule has 0 spiro atoms. The lowest BCUT2D eigenvalue weighted by molar-refractivity contribution is 0.599. The number of rotatable bonds is 4. The molecule has 1 unspecified atom stereocenters. The summed E-state index contributed by atoms with van der Waals surface area (Å²) in [4.78, 5) is 7.21. The lowest BCUT2D eigenvalue weighted by atomic mass is 10.1. The number of imidazole rings is 1. The second-order valence-electron chi connectivity index (χ2n) is 5.36. The van der Waals surface area contributed by atoms with Gasteiger partial charge in [0.05, 0.1) is 5.69 Å². The molecule has 0 bridgehead atoms. The minimum absolute atomic E-state index is 0.657. The normalized spacial score (nSPS) is 24.6. The topological polar surface area (TPSA) is 47.1 Å². The molecular weight excluding hydrogens is 212 g/mol. The lowest BCUT2D eigenvalue weighted by Crippen LogP contribution is -2.25. The molecule has 4 nitrogen and oxygen atoms in total. The quantitative estimate of drug-likeness (QED) is 0.860. The Morgan fingerprint density at radius 1 is 1.41 bits per heavy atom. The molecule has 1 saturated heterocycles. The Balaban J connectivity index is 1.83. The van der Waals surface area contributed by atoms with Gasteiger partial charge in [0.25, 0.3) is 0 Å². The van der Waals surface area contributed by atoms with E-state index in [0.29, 0.717) is 5.92 Å². The summed E-state index contributed by atoms with van der Waals surface area (Å²) in [6.07, 6.45) is 7.14. The van der Waals surface area contributed by atoms with Gasteiger partial charge < -0.3 is 15.2 Å². The fraction of sp³-hybridized carbons (Fsp3) is 0.769. The summed E-state index contributed by atoms with van der Waals surface area (Å²) in [7, 11) is 0. The molecule has 3 rings (SSSR count). The standard InChI is InChI=1S/C13H22N4/c1-2-11-9-17(12-3-4-12)13(15-11)16-6-5-10(7-14)8-16/h9-10,12H,2-8,14H2,1H3. The summed E-state index contributed by atoms with van der Waals surface area (Å²) >= 11 is 0. The van der Waals surface area contributed by atoms with Gasteiger partial charge in [-0.05, 0) is 38.1 Å². The summed E-state index contributed by atoms with van der Waals surface area (Å²) in [5.74, 6) is 1.85. The molecule has 2 aliphatic rings. The molecule has 17 heavy (non-hydrogen) atoms. The Morgan fingerprint density at radius 2 is 2.24 bits per heavy atom. The largest absolute Gasteiger partial charge is 0.342 e. The first kappa shape index (κ1) is 11.1. The van der Waals surface area contributed by atoms with E-state index in [0.717, 1.165) is 32.1 Å². The summed E-state index contributed by atoms with van der Waals surface area (Å²) in [6, 6.07) is 0.717.